The van der Waals surface area contributed by atoms with Crippen molar-refractivity contribution in [1.82, 2.24) is 19.4 Å². The van der Waals surface area contributed by atoms with E-state index in [1.807, 2.05) is 24.7 Å². The van der Waals surface area contributed by atoms with Crippen molar-refractivity contribution in [2.75, 3.05) is 7.05 Å². The summed E-state index contributed by atoms with van der Waals surface area (Å²) in [7, 11) is 3.86. The molecule has 16 heavy (non-hydrogen) atoms. The van der Waals surface area contributed by atoms with Crippen molar-refractivity contribution in [1.29, 1.82) is 0 Å². The number of rotatable bonds is 4. The zero-order valence-electron chi connectivity index (χ0n) is 9.44. The fourth-order valence-electron chi connectivity index (χ4n) is 1.67. The molecule has 5 heteroatoms. The normalized spacial score (nSPS) is 10.9. The van der Waals surface area contributed by atoms with Crippen molar-refractivity contribution in [3.8, 4) is 0 Å². The molecule has 2 rings (SSSR count). The molecule has 86 valence electrons. The summed E-state index contributed by atoms with van der Waals surface area (Å²) in [5, 5.41) is 3.81. The lowest BCUT2D eigenvalue weighted by atomic mass is 10.4. The molecule has 0 spiro atoms. The largest absolute Gasteiger partial charge is 0.343 e. The average molecular weight is 239 g/mol. The van der Waals surface area contributed by atoms with E-state index in [1.165, 1.54) is 5.69 Å². The van der Waals surface area contributed by atoms with Gasteiger partial charge in [-0.3, -0.25) is 0 Å². The van der Waals surface area contributed by atoms with Crippen LogP contribution in [0.15, 0.2) is 24.5 Å². The molecule has 0 bridgehead atoms. The van der Waals surface area contributed by atoms with Gasteiger partial charge in [-0.15, -0.1) is 0 Å². The maximum atomic E-state index is 5.95. The van der Waals surface area contributed by atoms with Gasteiger partial charge < -0.3 is 14.5 Å². The highest BCUT2D eigenvalue weighted by atomic mass is 35.5. The fourth-order valence-corrected chi connectivity index (χ4v) is 1.82. The third kappa shape index (κ3) is 2.13. The highest BCUT2D eigenvalue weighted by molar-refractivity contribution is 6.29. The molecule has 0 atom stereocenters. The molecule has 0 aromatic carbocycles. The Morgan fingerprint density at radius 3 is 2.94 bits per heavy atom. The molecule has 0 unspecified atom stereocenters. The van der Waals surface area contributed by atoms with Gasteiger partial charge in [-0.05, 0) is 19.2 Å². The molecule has 0 fully saturated rings. The second-order valence-electron chi connectivity index (χ2n) is 3.71. The number of nitrogens with zero attached hydrogens (tertiary/aromatic N) is 3. The highest BCUT2D eigenvalue weighted by Gasteiger charge is 2.06. The van der Waals surface area contributed by atoms with Crippen LogP contribution in [0.1, 0.15) is 11.5 Å². The van der Waals surface area contributed by atoms with Gasteiger partial charge in [-0.1, -0.05) is 11.6 Å². The minimum absolute atomic E-state index is 0.664. The molecule has 0 saturated heterocycles. The van der Waals surface area contributed by atoms with Crippen molar-refractivity contribution in [3.05, 3.63) is 41.2 Å². The molecular weight excluding hydrogens is 224 g/mol. The number of aromatic nitrogens is 3. The van der Waals surface area contributed by atoms with Gasteiger partial charge in [0, 0.05) is 25.5 Å². The van der Waals surface area contributed by atoms with Crippen LogP contribution in [0, 0.1) is 0 Å². The summed E-state index contributed by atoms with van der Waals surface area (Å²) in [4.78, 5) is 4.28. The topological polar surface area (TPSA) is 34.8 Å². The maximum absolute atomic E-state index is 5.95. The highest BCUT2D eigenvalue weighted by Crippen LogP contribution is 2.11. The van der Waals surface area contributed by atoms with E-state index in [0.29, 0.717) is 5.15 Å². The SMILES string of the molecule is CNCc1cccn1Cc1ncc(Cl)n1C. The monoisotopic (exact) mass is 238 g/mol. The van der Waals surface area contributed by atoms with E-state index < -0.39 is 0 Å². The van der Waals surface area contributed by atoms with Gasteiger partial charge in [0.1, 0.15) is 11.0 Å². The summed E-state index contributed by atoms with van der Waals surface area (Å²) in [5.74, 6) is 0.957. The molecule has 2 aromatic heterocycles. The molecule has 0 saturated carbocycles. The van der Waals surface area contributed by atoms with Crippen molar-refractivity contribution in [2.45, 2.75) is 13.1 Å². The summed E-state index contributed by atoms with van der Waals surface area (Å²) in [6.07, 6.45) is 3.73. The van der Waals surface area contributed by atoms with Gasteiger partial charge in [0.2, 0.25) is 0 Å². The standard InChI is InChI=1S/C11H15ClN4/c1-13-6-9-4-3-5-16(9)8-11-14-7-10(12)15(11)2/h3-5,7,13H,6,8H2,1-2H3. The van der Waals surface area contributed by atoms with E-state index in [0.717, 1.165) is 18.9 Å². The third-order valence-corrected chi connectivity index (χ3v) is 2.97. The van der Waals surface area contributed by atoms with Crippen LogP contribution in [-0.2, 0) is 20.1 Å². The summed E-state index contributed by atoms with van der Waals surface area (Å²) in [6, 6.07) is 4.14. The lowest BCUT2D eigenvalue weighted by Crippen LogP contribution is -2.13. The predicted octanol–water partition coefficient (Wildman–Crippen LogP) is 1.64. The first-order valence-corrected chi connectivity index (χ1v) is 5.55. The van der Waals surface area contributed by atoms with Gasteiger partial charge in [-0.2, -0.15) is 0 Å². The molecule has 2 aromatic rings. The van der Waals surface area contributed by atoms with E-state index in [9.17, 15) is 0 Å². The van der Waals surface area contributed by atoms with Gasteiger partial charge in [0.15, 0.2) is 0 Å². The molecule has 4 nitrogen and oxygen atoms in total. The molecule has 2 heterocycles. The van der Waals surface area contributed by atoms with E-state index in [2.05, 4.69) is 27.1 Å². The number of halogens is 1. The number of nitrogens with one attached hydrogen (secondary N) is 1. The van der Waals surface area contributed by atoms with Crippen LogP contribution >= 0.6 is 11.6 Å². The number of imidazole rings is 1. The zero-order chi connectivity index (χ0) is 11.5. The van der Waals surface area contributed by atoms with E-state index >= 15 is 0 Å². The minimum atomic E-state index is 0.664. The van der Waals surface area contributed by atoms with Gasteiger partial charge in [0.05, 0.1) is 12.7 Å². The Labute approximate surface area is 99.9 Å². The first-order chi connectivity index (χ1) is 7.72. The van der Waals surface area contributed by atoms with Crippen LogP contribution < -0.4 is 5.32 Å². The molecule has 1 N–H and O–H groups in total. The average Bonchev–Trinajstić information content (AvgIpc) is 2.82. The molecule has 0 aliphatic rings. The Balaban J connectivity index is 2.20. The molecular formula is C11H15ClN4. The second kappa shape index (κ2) is 4.72. The Bertz CT molecular complexity index is 472. The van der Waals surface area contributed by atoms with Crippen LogP contribution in [0.2, 0.25) is 5.15 Å². The van der Waals surface area contributed by atoms with Gasteiger partial charge >= 0.3 is 0 Å². The lowest BCUT2D eigenvalue weighted by molar-refractivity contribution is 0.651. The smallest absolute Gasteiger partial charge is 0.129 e. The second-order valence-corrected chi connectivity index (χ2v) is 4.10. The minimum Gasteiger partial charge on any atom is -0.343 e. The molecule has 0 aliphatic carbocycles. The van der Waals surface area contributed by atoms with Crippen molar-refractivity contribution in [2.24, 2.45) is 7.05 Å². The van der Waals surface area contributed by atoms with Crippen molar-refractivity contribution >= 4 is 11.6 Å². The van der Waals surface area contributed by atoms with E-state index in [-0.39, 0.29) is 0 Å². The summed E-state index contributed by atoms with van der Waals surface area (Å²) in [5.41, 5.74) is 1.24. The molecule has 0 amide bonds. The van der Waals surface area contributed by atoms with Crippen LogP contribution in [0.4, 0.5) is 0 Å². The molecule has 0 aliphatic heterocycles. The Kier molecular flexibility index (Phi) is 3.31. The van der Waals surface area contributed by atoms with Crippen LogP contribution in [0.25, 0.3) is 0 Å². The summed E-state index contributed by atoms with van der Waals surface area (Å²) in [6.45, 7) is 1.60. The Morgan fingerprint density at radius 1 is 1.50 bits per heavy atom. The Hall–Kier alpha value is -1.26. The van der Waals surface area contributed by atoms with E-state index in [4.69, 9.17) is 11.6 Å². The van der Waals surface area contributed by atoms with Gasteiger partial charge in [0.25, 0.3) is 0 Å². The van der Waals surface area contributed by atoms with Crippen molar-refractivity contribution < 1.29 is 0 Å². The van der Waals surface area contributed by atoms with Crippen molar-refractivity contribution in [3.63, 3.8) is 0 Å². The first-order valence-electron chi connectivity index (χ1n) is 5.17. The fraction of sp³-hybridized carbons (Fsp3) is 0.364. The van der Waals surface area contributed by atoms with Gasteiger partial charge in [-0.25, -0.2) is 4.98 Å². The Morgan fingerprint density at radius 2 is 2.31 bits per heavy atom. The molecule has 0 radical (unpaired) electrons. The first kappa shape index (κ1) is 11.2. The summed E-state index contributed by atoms with van der Waals surface area (Å²) >= 11 is 5.95. The van der Waals surface area contributed by atoms with E-state index in [1.54, 1.807) is 6.20 Å². The number of hydrogen-bond donors (Lipinski definition) is 1. The van der Waals surface area contributed by atoms with Crippen LogP contribution in [0.5, 0.6) is 0 Å². The zero-order valence-corrected chi connectivity index (χ0v) is 10.2. The third-order valence-electron chi connectivity index (χ3n) is 2.62. The predicted molar refractivity (Wildman–Crippen MR) is 64.5 cm³/mol. The van der Waals surface area contributed by atoms with Crippen LogP contribution in [-0.4, -0.2) is 21.2 Å². The lowest BCUT2D eigenvalue weighted by Gasteiger charge is -2.09. The van der Waals surface area contributed by atoms with Crippen LogP contribution in [0.3, 0.4) is 0 Å². The number of hydrogen-bond acceptors (Lipinski definition) is 2. The maximum Gasteiger partial charge on any atom is 0.129 e. The quantitative estimate of drug-likeness (QED) is 0.879. The summed E-state index contributed by atoms with van der Waals surface area (Å²) < 4.78 is 4.06.